The van der Waals surface area contributed by atoms with Crippen LogP contribution in [0.25, 0.3) is 0 Å². The highest BCUT2D eigenvalue weighted by Crippen LogP contribution is 2.34. The quantitative estimate of drug-likeness (QED) is 0.666. The summed E-state index contributed by atoms with van der Waals surface area (Å²) >= 11 is 0. The summed E-state index contributed by atoms with van der Waals surface area (Å²) in [5.41, 5.74) is -0.377. The first-order chi connectivity index (χ1) is 16.0. The number of ether oxygens (including phenoxy) is 1. The monoisotopic (exact) mass is 490 g/mol. The fourth-order valence-electron chi connectivity index (χ4n) is 4.17. The molecule has 0 radical (unpaired) electrons. The Balaban J connectivity index is 1.54. The van der Waals surface area contributed by atoms with Crippen LogP contribution < -0.4 is 5.32 Å². The van der Waals surface area contributed by atoms with Gasteiger partial charge in [-0.25, -0.2) is 0 Å². The van der Waals surface area contributed by atoms with Crippen molar-refractivity contribution in [3.8, 4) is 0 Å². The smallest absolute Gasteiger partial charge is 0.373 e. The number of pyridine rings is 1. The molecular weight excluding hydrogens is 470 g/mol. The minimum Gasteiger partial charge on any atom is -0.373 e. The number of aromatic nitrogens is 2. The zero-order valence-corrected chi connectivity index (χ0v) is 17.7. The highest BCUT2D eigenvalue weighted by atomic mass is 19.4. The second kappa shape index (κ2) is 8.93. The number of rotatable bonds is 4. The van der Waals surface area contributed by atoms with Gasteiger partial charge in [-0.15, -0.1) is 0 Å². The molecular formula is C21H20F6N4O3. The molecule has 1 atom stereocenters. The SMILES string of the molecule is O=C(NCc1ccc(C(F)(F)F)nc1)c1cc(C(=O)N2CCCC2C(F)(F)F)n2c1COCC2. The van der Waals surface area contributed by atoms with Crippen LogP contribution in [0.5, 0.6) is 0 Å². The maximum Gasteiger partial charge on any atom is 0.433 e. The van der Waals surface area contributed by atoms with Crippen molar-refractivity contribution in [2.24, 2.45) is 0 Å². The van der Waals surface area contributed by atoms with E-state index < -0.39 is 35.9 Å². The summed E-state index contributed by atoms with van der Waals surface area (Å²) in [5, 5.41) is 2.54. The zero-order chi connectivity index (χ0) is 24.7. The van der Waals surface area contributed by atoms with Gasteiger partial charge in [0.25, 0.3) is 11.8 Å². The van der Waals surface area contributed by atoms with Gasteiger partial charge in [0.05, 0.1) is 24.5 Å². The van der Waals surface area contributed by atoms with E-state index in [-0.39, 0.29) is 56.9 Å². The van der Waals surface area contributed by atoms with Crippen LogP contribution in [0.4, 0.5) is 26.3 Å². The molecule has 13 heteroatoms. The number of alkyl halides is 6. The second-order valence-corrected chi connectivity index (χ2v) is 8.02. The molecule has 1 fully saturated rings. The molecule has 2 amide bonds. The number of nitrogens with one attached hydrogen (secondary N) is 1. The van der Waals surface area contributed by atoms with Crippen molar-refractivity contribution in [3.63, 3.8) is 0 Å². The molecule has 1 saturated heterocycles. The summed E-state index contributed by atoms with van der Waals surface area (Å²) in [6, 6.07) is 1.33. The topological polar surface area (TPSA) is 76.5 Å². The van der Waals surface area contributed by atoms with E-state index in [1.807, 2.05) is 0 Å². The fraction of sp³-hybridized carbons (Fsp3) is 0.476. The lowest BCUT2D eigenvalue weighted by Gasteiger charge is -2.27. The van der Waals surface area contributed by atoms with Crippen LogP contribution in [-0.2, 0) is 30.6 Å². The van der Waals surface area contributed by atoms with Crippen molar-refractivity contribution >= 4 is 11.8 Å². The average molecular weight is 490 g/mol. The van der Waals surface area contributed by atoms with Crippen molar-refractivity contribution < 1.29 is 40.7 Å². The molecule has 2 aromatic rings. The summed E-state index contributed by atoms with van der Waals surface area (Å²) in [7, 11) is 0. The summed E-state index contributed by atoms with van der Waals surface area (Å²) in [4.78, 5) is 30.0. The molecule has 2 aliphatic rings. The summed E-state index contributed by atoms with van der Waals surface area (Å²) < 4.78 is 84.9. The van der Waals surface area contributed by atoms with E-state index >= 15 is 0 Å². The van der Waals surface area contributed by atoms with Gasteiger partial charge in [-0.05, 0) is 30.5 Å². The lowest BCUT2D eigenvalue weighted by atomic mass is 10.2. The van der Waals surface area contributed by atoms with E-state index in [4.69, 9.17) is 4.74 Å². The Morgan fingerprint density at radius 3 is 2.56 bits per heavy atom. The molecule has 0 spiro atoms. The van der Waals surface area contributed by atoms with Crippen LogP contribution in [0.2, 0.25) is 0 Å². The van der Waals surface area contributed by atoms with Crippen LogP contribution in [0.3, 0.4) is 0 Å². The van der Waals surface area contributed by atoms with Crippen molar-refractivity contribution in [2.75, 3.05) is 13.2 Å². The molecule has 1 N–H and O–H groups in total. The third-order valence-corrected chi connectivity index (χ3v) is 5.83. The molecule has 0 aliphatic carbocycles. The van der Waals surface area contributed by atoms with Gasteiger partial charge in [0, 0.05) is 25.8 Å². The van der Waals surface area contributed by atoms with Crippen LogP contribution in [0, 0.1) is 0 Å². The molecule has 184 valence electrons. The lowest BCUT2D eigenvalue weighted by Crippen LogP contribution is -2.45. The number of fused-ring (bicyclic) bond motifs is 1. The number of amides is 2. The van der Waals surface area contributed by atoms with Crippen LogP contribution >= 0.6 is 0 Å². The second-order valence-electron chi connectivity index (χ2n) is 8.02. The van der Waals surface area contributed by atoms with E-state index in [2.05, 4.69) is 10.3 Å². The number of likely N-dealkylation sites (tertiary alicyclic amines) is 1. The molecule has 1 unspecified atom stereocenters. The van der Waals surface area contributed by atoms with Gasteiger partial charge in [0.15, 0.2) is 0 Å². The molecule has 34 heavy (non-hydrogen) atoms. The third-order valence-electron chi connectivity index (χ3n) is 5.83. The molecule has 4 rings (SSSR count). The Morgan fingerprint density at radius 1 is 1.15 bits per heavy atom. The Kier molecular flexibility index (Phi) is 6.32. The number of hydrogen-bond acceptors (Lipinski definition) is 4. The Hall–Kier alpha value is -3.09. The number of hydrogen-bond donors (Lipinski definition) is 1. The molecule has 0 aromatic carbocycles. The zero-order valence-electron chi connectivity index (χ0n) is 17.7. The predicted octanol–water partition coefficient (Wildman–Crippen LogP) is 3.53. The van der Waals surface area contributed by atoms with Gasteiger partial charge in [-0.2, -0.15) is 26.3 Å². The number of carbonyl (C=O) groups is 2. The van der Waals surface area contributed by atoms with Crippen molar-refractivity contribution in [1.82, 2.24) is 19.8 Å². The fourth-order valence-corrected chi connectivity index (χ4v) is 4.17. The first kappa shape index (κ1) is 24.0. The molecule has 0 bridgehead atoms. The van der Waals surface area contributed by atoms with Crippen LogP contribution in [-0.4, -0.2) is 51.6 Å². The lowest BCUT2D eigenvalue weighted by molar-refractivity contribution is -0.169. The van der Waals surface area contributed by atoms with E-state index in [0.29, 0.717) is 11.3 Å². The van der Waals surface area contributed by atoms with Crippen LogP contribution in [0.15, 0.2) is 24.4 Å². The van der Waals surface area contributed by atoms with Gasteiger partial charge in [-0.1, -0.05) is 6.07 Å². The highest BCUT2D eigenvalue weighted by Gasteiger charge is 2.48. The van der Waals surface area contributed by atoms with Gasteiger partial charge in [-0.3, -0.25) is 14.6 Å². The molecule has 0 saturated carbocycles. The van der Waals surface area contributed by atoms with Crippen LogP contribution in [0.1, 0.15) is 50.6 Å². The third kappa shape index (κ3) is 4.74. The first-order valence-corrected chi connectivity index (χ1v) is 10.4. The van der Waals surface area contributed by atoms with E-state index in [1.54, 1.807) is 0 Å². The Bertz CT molecular complexity index is 1080. The van der Waals surface area contributed by atoms with Gasteiger partial charge < -0.3 is 19.5 Å². The van der Waals surface area contributed by atoms with Gasteiger partial charge in [0.2, 0.25) is 0 Å². The number of carbonyl (C=O) groups excluding carboxylic acids is 2. The molecule has 2 aromatic heterocycles. The number of halogens is 6. The first-order valence-electron chi connectivity index (χ1n) is 10.4. The standard InChI is InChI=1S/C21H20F6N4O3/c22-20(23,24)16-4-3-12(9-28-16)10-29-18(32)13-8-14(30-6-7-34-11-15(13)30)19(33)31-5-1-2-17(31)21(25,26)27/h3-4,8-9,17H,1-2,5-7,10-11H2,(H,29,32). The Labute approximate surface area is 189 Å². The van der Waals surface area contributed by atoms with E-state index in [1.165, 1.54) is 16.7 Å². The van der Waals surface area contributed by atoms with Crippen molar-refractivity contribution in [1.29, 1.82) is 0 Å². The molecule has 7 nitrogen and oxygen atoms in total. The molecule has 2 aliphatic heterocycles. The van der Waals surface area contributed by atoms with E-state index in [9.17, 15) is 35.9 Å². The number of nitrogens with zero attached hydrogens (tertiary/aromatic N) is 3. The molecule has 4 heterocycles. The minimum atomic E-state index is -4.59. The highest BCUT2D eigenvalue weighted by molar-refractivity contribution is 6.00. The largest absolute Gasteiger partial charge is 0.433 e. The van der Waals surface area contributed by atoms with Gasteiger partial charge >= 0.3 is 12.4 Å². The summed E-state index contributed by atoms with van der Waals surface area (Å²) in [6.45, 7) is 0.226. The average Bonchev–Trinajstić information content (AvgIpc) is 3.42. The Morgan fingerprint density at radius 2 is 1.91 bits per heavy atom. The normalized spacial score (nSPS) is 18.6. The maximum absolute atomic E-state index is 13.4. The summed E-state index contributed by atoms with van der Waals surface area (Å²) in [5.74, 6) is -1.45. The van der Waals surface area contributed by atoms with Crippen molar-refractivity contribution in [2.45, 2.75) is 50.9 Å². The van der Waals surface area contributed by atoms with E-state index in [0.717, 1.165) is 17.2 Å². The van der Waals surface area contributed by atoms with Crippen molar-refractivity contribution in [3.05, 3.63) is 52.6 Å². The van der Waals surface area contributed by atoms with Gasteiger partial charge in [0.1, 0.15) is 17.4 Å². The maximum atomic E-state index is 13.4. The predicted molar refractivity (Wildman–Crippen MR) is 105 cm³/mol. The minimum absolute atomic E-state index is 0.0133. The summed E-state index contributed by atoms with van der Waals surface area (Å²) in [6.07, 6.45) is -8.11.